The van der Waals surface area contributed by atoms with E-state index in [1.54, 1.807) is 12.3 Å². The first kappa shape index (κ1) is 12.1. The van der Waals surface area contributed by atoms with Crippen LogP contribution in [0.2, 0.25) is 0 Å². The van der Waals surface area contributed by atoms with E-state index in [9.17, 15) is 9.90 Å². The molecule has 1 aromatic heterocycles. The average molecular weight is 230 g/mol. The van der Waals surface area contributed by atoms with Crippen molar-refractivity contribution in [3.05, 3.63) is 16.1 Å². The van der Waals surface area contributed by atoms with E-state index in [4.69, 9.17) is 10.5 Å². The van der Waals surface area contributed by atoms with E-state index in [-0.39, 0.29) is 6.61 Å². The third-order valence-electron chi connectivity index (χ3n) is 1.84. The fourth-order valence-corrected chi connectivity index (χ4v) is 1.71. The van der Waals surface area contributed by atoms with Crippen LogP contribution in [0.5, 0.6) is 0 Å². The Morgan fingerprint density at radius 2 is 2.47 bits per heavy atom. The van der Waals surface area contributed by atoms with Gasteiger partial charge in [-0.25, -0.2) is 4.98 Å². The zero-order chi connectivity index (χ0) is 11.4. The van der Waals surface area contributed by atoms with Gasteiger partial charge in [-0.05, 0) is 13.8 Å². The van der Waals surface area contributed by atoms with E-state index < -0.39 is 18.1 Å². The van der Waals surface area contributed by atoms with Crippen LogP contribution in [-0.4, -0.2) is 28.7 Å². The second-order valence-corrected chi connectivity index (χ2v) is 4.08. The number of aromatic nitrogens is 1. The predicted octanol–water partition coefficient (Wildman–Crippen LogP) is 0.375. The maximum atomic E-state index is 11.2. The smallest absolute Gasteiger partial charge is 0.326 e. The Morgan fingerprint density at radius 1 is 1.80 bits per heavy atom. The zero-order valence-corrected chi connectivity index (χ0v) is 9.45. The fourth-order valence-electron chi connectivity index (χ4n) is 1.07. The lowest BCUT2D eigenvalue weighted by Crippen LogP contribution is -2.38. The number of aliphatic hydroxyl groups is 1. The predicted molar refractivity (Wildman–Crippen MR) is 56.4 cm³/mol. The van der Waals surface area contributed by atoms with Crippen molar-refractivity contribution in [2.24, 2.45) is 5.73 Å². The first-order valence-corrected chi connectivity index (χ1v) is 5.46. The molecule has 0 saturated heterocycles. The molecule has 5 nitrogen and oxygen atoms in total. The Hall–Kier alpha value is -0.980. The van der Waals surface area contributed by atoms with E-state index in [1.807, 2.05) is 6.92 Å². The number of hydrogen-bond donors (Lipinski definition) is 2. The van der Waals surface area contributed by atoms with Gasteiger partial charge >= 0.3 is 5.97 Å². The number of carbonyl (C=O) groups excluding carboxylic acids is 1. The first-order valence-electron chi connectivity index (χ1n) is 4.58. The Bertz CT molecular complexity index is 340. The molecule has 0 spiro atoms. The van der Waals surface area contributed by atoms with Gasteiger partial charge in [-0.3, -0.25) is 4.79 Å². The number of aliphatic hydroxyl groups excluding tert-OH is 1. The normalized spacial score (nSPS) is 14.7. The largest absolute Gasteiger partial charge is 0.465 e. The van der Waals surface area contributed by atoms with Crippen LogP contribution >= 0.6 is 11.3 Å². The van der Waals surface area contributed by atoms with Gasteiger partial charge < -0.3 is 15.6 Å². The number of nitrogens with two attached hydrogens (primary N) is 1. The van der Waals surface area contributed by atoms with Crippen molar-refractivity contribution < 1.29 is 14.6 Å². The van der Waals surface area contributed by atoms with Gasteiger partial charge in [-0.2, -0.15) is 0 Å². The minimum atomic E-state index is -1.10. The number of thiazole rings is 1. The van der Waals surface area contributed by atoms with Crippen LogP contribution < -0.4 is 5.73 Å². The molecular formula is C9H14N2O3S. The molecule has 6 heteroatoms. The Morgan fingerprint density at radius 3 is 2.93 bits per heavy atom. The average Bonchev–Trinajstić information content (AvgIpc) is 2.63. The molecule has 1 heterocycles. The number of rotatable bonds is 4. The molecule has 1 rings (SSSR count). The van der Waals surface area contributed by atoms with Crippen molar-refractivity contribution in [1.82, 2.24) is 4.98 Å². The molecule has 0 amide bonds. The van der Waals surface area contributed by atoms with E-state index in [0.717, 1.165) is 5.01 Å². The van der Waals surface area contributed by atoms with Crippen LogP contribution in [0.25, 0.3) is 0 Å². The molecule has 15 heavy (non-hydrogen) atoms. The summed E-state index contributed by atoms with van der Waals surface area (Å²) in [5.74, 6) is -0.615. The summed E-state index contributed by atoms with van der Waals surface area (Å²) in [4.78, 5) is 15.3. The molecule has 0 aromatic carbocycles. The summed E-state index contributed by atoms with van der Waals surface area (Å²) in [5, 5.41) is 12.2. The number of aryl methyl sites for hydroxylation is 1. The topological polar surface area (TPSA) is 85.4 Å². The van der Waals surface area contributed by atoms with Crippen LogP contribution in [0, 0.1) is 6.92 Å². The van der Waals surface area contributed by atoms with Crippen LogP contribution in [0.15, 0.2) is 5.38 Å². The van der Waals surface area contributed by atoms with Gasteiger partial charge in [0.25, 0.3) is 0 Å². The maximum absolute atomic E-state index is 11.2. The minimum absolute atomic E-state index is 0.245. The van der Waals surface area contributed by atoms with E-state index in [1.165, 1.54) is 11.3 Å². The molecular weight excluding hydrogens is 216 g/mol. The van der Waals surface area contributed by atoms with Crippen molar-refractivity contribution in [1.29, 1.82) is 0 Å². The second-order valence-electron chi connectivity index (χ2n) is 3.01. The molecule has 1 aromatic rings. The summed E-state index contributed by atoms with van der Waals surface area (Å²) >= 11 is 1.40. The van der Waals surface area contributed by atoms with Crippen molar-refractivity contribution in [2.45, 2.75) is 26.0 Å². The lowest BCUT2D eigenvalue weighted by atomic mass is 10.1. The number of nitrogens with zero attached hydrogens (tertiary/aromatic N) is 1. The molecule has 0 bridgehead atoms. The van der Waals surface area contributed by atoms with E-state index >= 15 is 0 Å². The summed E-state index contributed by atoms with van der Waals surface area (Å²) < 4.78 is 4.70. The van der Waals surface area contributed by atoms with Crippen molar-refractivity contribution in [2.75, 3.05) is 6.61 Å². The second kappa shape index (κ2) is 5.20. The van der Waals surface area contributed by atoms with Crippen LogP contribution in [-0.2, 0) is 9.53 Å². The number of esters is 1. The van der Waals surface area contributed by atoms with Gasteiger partial charge in [0, 0.05) is 5.38 Å². The number of hydrogen-bond acceptors (Lipinski definition) is 6. The molecule has 84 valence electrons. The monoisotopic (exact) mass is 230 g/mol. The highest BCUT2D eigenvalue weighted by Crippen LogP contribution is 2.18. The standard InChI is InChI=1S/C9H14N2O3S/c1-3-14-9(13)7(10)8(12)6-4-15-5(2)11-6/h4,7-8,12H,3,10H2,1-2H3. The highest BCUT2D eigenvalue weighted by Gasteiger charge is 2.26. The van der Waals surface area contributed by atoms with E-state index in [2.05, 4.69) is 4.98 Å². The van der Waals surface area contributed by atoms with E-state index in [0.29, 0.717) is 5.69 Å². The molecule has 2 unspecified atom stereocenters. The third kappa shape index (κ3) is 2.98. The Kier molecular flexibility index (Phi) is 4.19. The molecule has 0 aliphatic heterocycles. The van der Waals surface area contributed by atoms with Gasteiger partial charge in [0.05, 0.1) is 17.3 Å². The Labute approximate surface area is 91.9 Å². The van der Waals surface area contributed by atoms with Crippen LogP contribution in [0.1, 0.15) is 23.7 Å². The molecule has 0 radical (unpaired) electrons. The summed E-state index contributed by atoms with van der Waals surface area (Å²) in [5.41, 5.74) is 5.94. The lowest BCUT2D eigenvalue weighted by Gasteiger charge is -2.15. The quantitative estimate of drug-likeness (QED) is 0.730. The summed E-state index contributed by atoms with van der Waals surface area (Å²) in [6, 6.07) is -1.08. The molecule has 2 atom stereocenters. The fraction of sp³-hybridized carbons (Fsp3) is 0.556. The van der Waals surface area contributed by atoms with Gasteiger partial charge in [-0.15, -0.1) is 11.3 Å². The lowest BCUT2D eigenvalue weighted by molar-refractivity contribution is -0.147. The number of ether oxygens (including phenoxy) is 1. The number of carbonyl (C=O) groups is 1. The van der Waals surface area contributed by atoms with Gasteiger partial charge in [0.15, 0.2) is 0 Å². The highest BCUT2D eigenvalue weighted by atomic mass is 32.1. The van der Waals surface area contributed by atoms with Gasteiger partial charge in [-0.1, -0.05) is 0 Å². The molecule has 0 aliphatic carbocycles. The van der Waals surface area contributed by atoms with Gasteiger partial charge in [0.2, 0.25) is 0 Å². The molecule has 3 N–H and O–H groups in total. The van der Waals surface area contributed by atoms with Crippen LogP contribution in [0.4, 0.5) is 0 Å². The highest BCUT2D eigenvalue weighted by molar-refractivity contribution is 7.09. The van der Waals surface area contributed by atoms with Crippen LogP contribution in [0.3, 0.4) is 0 Å². The molecule has 0 fully saturated rings. The summed E-state index contributed by atoms with van der Waals surface area (Å²) in [6.07, 6.45) is -1.10. The summed E-state index contributed by atoms with van der Waals surface area (Å²) in [7, 11) is 0. The van der Waals surface area contributed by atoms with Crippen molar-refractivity contribution >= 4 is 17.3 Å². The summed E-state index contributed by atoms with van der Waals surface area (Å²) in [6.45, 7) is 3.75. The maximum Gasteiger partial charge on any atom is 0.326 e. The molecule has 0 saturated carbocycles. The third-order valence-corrected chi connectivity index (χ3v) is 2.63. The Balaban J connectivity index is 2.67. The van der Waals surface area contributed by atoms with Crippen molar-refractivity contribution in [3.8, 4) is 0 Å². The van der Waals surface area contributed by atoms with Crippen molar-refractivity contribution in [3.63, 3.8) is 0 Å². The SMILES string of the molecule is CCOC(=O)C(N)C(O)c1csc(C)n1. The zero-order valence-electron chi connectivity index (χ0n) is 8.64. The first-order chi connectivity index (χ1) is 7.06. The molecule has 0 aliphatic rings. The minimum Gasteiger partial charge on any atom is -0.465 e. The van der Waals surface area contributed by atoms with Gasteiger partial charge in [0.1, 0.15) is 12.1 Å².